The molecule has 1 heterocycles. The van der Waals surface area contributed by atoms with E-state index in [1.54, 1.807) is 11.3 Å². The van der Waals surface area contributed by atoms with Gasteiger partial charge in [-0.1, -0.05) is 97.1 Å². The van der Waals surface area contributed by atoms with E-state index >= 15 is 0 Å². The molecule has 0 aliphatic carbocycles. The molecule has 0 saturated carbocycles. The highest BCUT2D eigenvalue weighted by Gasteiger charge is 2.34. The van der Waals surface area contributed by atoms with Crippen molar-refractivity contribution in [1.29, 1.82) is 0 Å². The lowest BCUT2D eigenvalue weighted by molar-refractivity contribution is 0.230. The molecule has 3 nitrogen and oxygen atoms in total. The van der Waals surface area contributed by atoms with Crippen molar-refractivity contribution < 1.29 is 13.6 Å². The maximum Gasteiger partial charge on any atom is 0.362 e. The first-order chi connectivity index (χ1) is 20.1. The van der Waals surface area contributed by atoms with E-state index in [9.17, 15) is 4.57 Å². The van der Waals surface area contributed by atoms with Gasteiger partial charge in [0.2, 0.25) is 0 Å². The molecule has 41 heavy (non-hydrogen) atoms. The Morgan fingerprint density at radius 2 is 0.951 bits per heavy atom. The SMILES string of the molecule is CCOP(=O)(OCC)c1cc(-c2c3ccccc3cc3ccccc23)sc1-c1c2ccccc2cc2ccccc12. The summed E-state index contributed by atoms with van der Waals surface area (Å²) in [6, 6.07) is 40.4. The van der Waals surface area contributed by atoms with E-state index in [-0.39, 0.29) is 13.2 Å². The van der Waals surface area contributed by atoms with E-state index in [2.05, 4.69) is 115 Å². The summed E-state index contributed by atoms with van der Waals surface area (Å²) in [5.41, 5.74) is 2.20. The molecule has 0 unspecified atom stereocenters. The summed E-state index contributed by atoms with van der Waals surface area (Å²) in [5, 5.41) is 9.80. The molecule has 0 atom stereocenters. The van der Waals surface area contributed by atoms with Crippen LogP contribution >= 0.6 is 18.9 Å². The molecule has 0 saturated heterocycles. The third-order valence-electron chi connectivity index (χ3n) is 7.62. The third kappa shape index (κ3) is 4.39. The quantitative estimate of drug-likeness (QED) is 0.141. The highest BCUT2D eigenvalue weighted by molar-refractivity contribution is 7.63. The maximum absolute atomic E-state index is 14.6. The van der Waals surface area contributed by atoms with Crippen LogP contribution in [0.5, 0.6) is 0 Å². The van der Waals surface area contributed by atoms with Gasteiger partial charge < -0.3 is 9.05 Å². The molecule has 7 aromatic rings. The zero-order valence-electron chi connectivity index (χ0n) is 23.0. The number of fused-ring (bicyclic) bond motifs is 4. The van der Waals surface area contributed by atoms with Gasteiger partial charge in [0.1, 0.15) is 0 Å². The van der Waals surface area contributed by atoms with E-state index in [1.807, 2.05) is 13.8 Å². The number of rotatable bonds is 7. The Balaban J connectivity index is 1.64. The van der Waals surface area contributed by atoms with Crippen LogP contribution in [0.4, 0.5) is 0 Å². The molecule has 7 rings (SSSR count). The second-order valence-electron chi connectivity index (χ2n) is 10.0. The number of benzene rings is 6. The van der Waals surface area contributed by atoms with Crippen LogP contribution in [0, 0.1) is 0 Å². The first kappa shape index (κ1) is 26.1. The summed E-state index contributed by atoms with van der Waals surface area (Å²) in [4.78, 5) is 1.97. The normalized spacial score (nSPS) is 12.1. The minimum absolute atomic E-state index is 0.287. The molecule has 0 bridgehead atoms. The molecule has 5 heteroatoms. The summed E-state index contributed by atoms with van der Waals surface area (Å²) in [7, 11) is -3.64. The minimum Gasteiger partial charge on any atom is -0.305 e. The van der Waals surface area contributed by atoms with Crippen LogP contribution in [0.2, 0.25) is 0 Å². The molecular formula is C36H29O3PS. The lowest BCUT2D eigenvalue weighted by atomic mass is 9.95. The summed E-state index contributed by atoms with van der Waals surface area (Å²) >= 11 is 1.67. The van der Waals surface area contributed by atoms with Gasteiger partial charge in [0.05, 0.1) is 23.4 Å². The van der Waals surface area contributed by atoms with Gasteiger partial charge in [-0.05, 0) is 75.1 Å². The first-order valence-electron chi connectivity index (χ1n) is 14.0. The molecule has 0 radical (unpaired) electrons. The summed E-state index contributed by atoms with van der Waals surface area (Å²) < 4.78 is 26.6. The predicted octanol–water partition coefficient (Wildman–Crippen LogP) is 10.6. The average molecular weight is 573 g/mol. The Morgan fingerprint density at radius 3 is 1.37 bits per heavy atom. The average Bonchev–Trinajstić information content (AvgIpc) is 3.44. The van der Waals surface area contributed by atoms with Crippen LogP contribution in [-0.4, -0.2) is 13.2 Å². The highest BCUT2D eigenvalue weighted by Crippen LogP contribution is 2.54. The van der Waals surface area contributed by atoms with Crippen molar-refractivity contribution in [2.24, 2.45) is 0 Å². The molecule has 0 N–H and O–H groups in total. The largest absolute Gasteiger partial charge is 0.362 e. The Labute approximate surface area is 243 Å². The van der Waals surface area contributed by atoms with Crippen molar-refractivity contribution in [3.05, 3.63) is 115 Å². The zero-order chi connectivity index (χ0) is 28.0. The topological polar surface area (TPSA) is 35.5 Å². The second kappa shape index (κ2) is 10.6. The predicted molar refractivity (Wildman–Crippen MR) is 176 cm³/mol. The van der Waals surface area contributed by atoms with Crippen molar-refractivity contribution in [2.45, 2.75) is 13.8 Å². The van der Waals surface area contributed by atoms with Gasteiger partial charge in [-0.2, -0.15) is 0 Å². The van der Waals surface area contributed by atoms with Gasteiger partial charge in [-0.25, -0.2) is 0 Å². The van der Waals surface area contributed by atoms with Crippen LogP contribution in [0.25, 0.3) is 64.0 Å². The molecule has 0 aliphatic heterocycles. The molecule has 202 valence electrons. The van der Waals surface area contributed by atoms with E-state index < -0.39 is 7.60 Å². The van der Waals surface area contributed by atoms with E-state index in [0.717, 1.165) is 53.2 Å². The Hall–Kier alpha value is -3.79. The molecule has 0 aliphatic rings. The van der Waals surface area contributed by atoms with Gasteiger partial charge in [0.25, 0.3) is 0 Å². The van der Waals surface area contributed by atoms with Crippen LogP contribution < -0.4 is 5.30 Å². The second-order valence-corrected chi connectivity index (χ2v) is 13.1. The molecule has 0 amide bonds. The summed E-state index contributed by atoms with van der Waals surface area (Å²) in [5.74, 6) is 0. The number of thiophene rings is 1. The number of hydrogen-bond acceptors (Lipinski definition) is 4. The molecule has 1 aromatic heterocycles. The van der Waals surface area contributed by atoms with E-state index in [4.69, 9.17) is 9.05 Å². The fourth-order valence-electron chi connectivity index (χ4n) is 5.94. The van der Waals surface area contributed by atoms with Crippen molar-refractivity contribution >= 4 is 67.3 Å². The Kier molecular flexibility index (Phi) is 6.73. The molecule has 0 spiro atoms. The maximum atomic E-state index is 14.6. The zero-order valence-corrected chi connectivity index (χ0v) is 24.7. The molecular weight excluding hydrogens is 543 g/mol. The van der Waals surface area contributed by atoms with Gasteiger partial charge in [0, 0.05) is 16.0 Å². The van der Waals surface area contributed by atoms with Crippen molar-refractivity contribution in [3.8, 4) is 20.9 Å². The summed E-state index contributed by atoms with van der Waals surface area (Å²) in [6.45, 7) is 4.30. The van der Waals surface area contributed by atoms with Gasteiger partial charge in [0.15, 0.2) is 0 Å². The van der Waals surface area contributed by atoms with Crippen molar-refractivity contribution in [2.75, 3.05) is 13.2 Å². The van der Waals surface area contributed by atoms with Crippen LogP contribution in [0.1, 0.15) is 13.8 Å². The fraction of sp³-hybridized carbons (Fsp3) is 0.111. The smallest absolute Gasteiger partial charge is 0.305 e. The van der Waals surface area contributed by atoms with Crippen LogP contribution in [0.3, 0.4) is 0 Å². The minimum atomic E-state index is -3.64. The van der Waals surface area contributed by atoms with Gasteiger partial charge in [-0.3, -0.25) is 4.57 Å². The van der Waals surface area contributed by atoms with Gasteiger partial charge in [-0.15, -0.1) is 11.3 Å². The lowest BCUT2D eigenvalue weighted by Gasteiger charge is -2.19. The monoisotopic (exact) mass is 572 g/mol. The van der Waals surface area contributed by atoms with E-state index in [0.29, 0.717) is 5.30 Å². The lowest BCUT2D eigenvalue weighted by Crippen LogP contribution is -2.11. The highest BCUT2D eigenvalue weighted by atomic mass is 32.1. The van der Waals surface area contributed by atoms with E-state index in [1.165, 1.54) is 10.8 Å². The van der Waals surface area contributed by atoms with Crippen LogP contribution in [-0.2, 0) is 13.6 Å². The van der Waals surface area contributed by atoms with Crippen molar-refractivity contribution in [1.82, 2.24) is 0 Å². The summed E-state index contributed by atoms with van der Waals surface area (Å²) in [6.07, 6.45) is 0. The first-order valence-corrected chi connectivity index (χ1v) is 16.3. The Morgan fingerprint density at radius 1 is 0.561 bits per heavy atom. The van der Waals surface area contributed by atoms with Crippen LogP contribution in [0.15, 0.2) is 115 Å². The van der Waals surface area contributed by atoms with Crippen molar-refractivity contribution in [3.63, 3.8) is 0 Å². The standard InChI is InChI=1S/C36H29O3PS/c1-3-38-40(37,39-4-2)32-23-33(34-28-17-9-5-13-24(28)21-25-14-6-10-18-29(25)34)41-36(32)35-30-19-11-7-15-26(30)22-27-16-8-12-20-31(27)35/h5-23H,3-4H2,1-2H3. The Bertz CT molecular complexity index is 2010. The number of hydrogen-bond donors (Lipinski definition) is 0. The fourth-order valence-corrected chi connectivity index (χ4v) is 9.39. The molecule has 6 aromatic carbocycles. The van der Waals surface area contributed by atoms with Gasteiger partial charge >= 0.3 is 7.60 Å². The third-order valence-corrected chi connectivity index (χ3v) is 11.1. The molecule has 0 fully saturated rings.